The van der Waals surface area contributed by atoms with Gasteiger partial charge in [0.2, 0.25) is 0 Å². The van der Waals surface area contributed by atoms with Crippen molar-refractivity contribution in [2.24, 2.45) is 0 Å². The minimum atomic E-state index is -0.546. The quantitative estimate of drug-likeness (QED) is 0.886. The first-order valence-electron chi connectivity index (χ1n) is 7.90. The Hall–Kier alpha value is -1.95. The first-order chi connectivity index (χ1) is 10.9. The molecule has 2 rings (SSSR count). The van der Waals surface area contributed by atoms with Gasteiger partial charge in [0.1, 0.15) is 11.4 Å². The molecule has 0 unspecified atom stereocenters. The van der Waals surface area contributed by atoms with E-state index in [2.05, 4.69) is 10.6 Å². The molecule has 1 aliphatic heterocycles. The van der Waals surface area contributed by atoms with Crippen molar-refractivity contribution in [1.82, 2.24) is 0 Å². The minimum absolute atomic E-state index is 0.381. The summed E-state index contributed by atoms with van der Waals surface area (Å²) in [5, 5.41) is 6.21. The average Bonchev–Trinajstić information content (AvgIpc) is 2.46. The smallest absolute Gasteiger partial charge is 0.412 e. The van der Waals surface area contributed by atoms with Crippen LogP contribution in [0.3, 0.4) is 0 Å². The summed E-state index contributed by atoms with van der Waals surface area (Å²) in [4.78, 5) is 12.0. The molecule has 2 N–H and O–H groups in total. The normalized spacial score (nSPS) is 15.8. The number of hydrogen-bond acceptors (Lipinski definition) is 5. The molecular weight excluding hydrogens is 296 g/mol. The highest BCUT2D eigenvalue weighted by atomic mass is 16.6. The summed E-state index contributed by atoms with van der Waals surface area (Å²) in [6, 6.07) is 6.01. The standard InChI is InChI=1S/C17H26N2O4/c1-17(2,3)23-16(20)19-14-11-13(5-6-15(14)21-4)18-12-7-9-22-10-8-12/h5-6,11-12,18H,7-10H2,1-4H3,(H,19,20). The second-order valence-corrected chi connectivity index (χ2v) is 6.57. The van der Waals surface area contributed by atoms with Crippen LogP contribution < -0.4 is 15.4 Å². The van der Waals surface area contributed by atoms with Gasteiger partial charge in [-0.3, -0.25) is 5.32 Å². The summed E-state index contributed by atoms with van der Waals surface area (Å²) in [7, 11) is 1.57. The molecule has 0 aliphatic carbocycles. The van der Waals surface area contributed by atoms with Gasteiger partial charge in [-0.25, -0.2) is 4.79 Å². The highest BCUT2D eigenvalue weighted by Crippen LogP contribution is 2.29. The highest BCUT2D eigenvalue weighted by molar-refractivity contribution is 5.88. The minimum Gasteiger partial charge on any atom is -0.495 e. The monoisotopic (exact) mass is 322 g/mol. The van der Waals surface area contributed by atoms with Crippen LogP contribution in [-0.2, 0) is 9.47 Å². The van der Waals surface area contributed by atoms with Gasteiger partial charge in [-0.15, -0.1) is 0 Å². The first kappa shape index (κ1) is 17.4. The molecule has 0 spiro atoms. The van der Waals surface area contributed by atoms with Gasteiger partial charge in [0.05, 0.1) is 12.8 Å². The van der Waals surface area contributed by atoms with Crippen LogP contribution in [0.5, 0.6) is 5.75 Å². The van der Waals surface area contributed by atoms with E-state index >= 15 is 0 Å². The van der Waals surface area contributed by atoms with E-state index in [0.29, 0.717) is 17.5 Å². The van der Waals surface area contributed by atoms with E-state index in [0.717, 1.165) is 31.7 Å². The number of amides is 1. The third-order valence-electron chi connectivity index (χ3n) is 3.43. The van der Waals surface area contributed by atoms with E-state index in [4.69, 9.17) is 14.2 Å². The molecule has 0 saturated carbocycles. The van der Waals surface area contributed by atoms with Gasteiger partial charge < -0.3 is 19.5 Å². The van der Waals surface area contributed by atoms with Crippen LogP contribution in [0.2, 0.25) is 0 Å². The molecule has 0 radical (unpaired) electrons. The topological polar surface area (TPSA) is 68.8 Å². The Kier molecular flexibility index (Phi) is 5.71. The molecule has 1 aromatic carbocycles. The first-order valence-corrected chi connectivity index (χ1v) is 7.90. The fourth-order valence-corrected chi connectivity index (χ4v) is 2.39. The lowest BCUT2D eigenvalue weighted by atomic mass is 10.1. The number of carbonyl (C=O) groups is 1. The van der Waals surface area contributed by atoms with Gasteiger partial charge >= 0.3 is 6.09 Å². The number of hydrogen-bond donors (Lipinski definition) is 2. The number of benzene rings is 1. The Bertz CT molecular complexity index is 534. The number of carbonyl (C=O) groups excluding carboxylic acids is 1. The van der Waals surface area contributed by atoms with Crippen LogP contribution in [0, 0.1) is 0 Å². The van der Waals surface area contributed by atoms with Crippen LogP contribution in [0.15, 0.2) is 18.2 Å². The van der Waals surface area contributed by atoms with E-state index in [-0.39, 0.29) is 0 Å². The molecular formula is C17H26N2O4. The zero-order chi connectivity index (χ0) is 16.9. The zero-order valence-electron chi connectivity index (χ0n) is 14.3. The van der Waals surface area contributed by atoms with E-state index in [1.165, 1.54) is 0 Å². The maximum atomic E-state index is 12.0. The lowest BCUT2D eigenvalue weighted by molar-refractivity contribution is 0.0635. The van der Waals surface area contributed by atoms with Crippen molar-refractivity contribution in [3.8, 4) is 5.75 Å². The molecule has 128 valence electrons. The largest absolute Gasteiger partial charge is 0.495 e. The molecule has 0 bridgehead atoms. The highest BCUT2D eigenvalue weighted by Gasteiger charge is 2.18. The van der Waals surface area contributed by atoms with Crippen LogP contribution in [0.4, 0.5) is 16.2 Å². The SMILES string of the molecule is COc1ccc(NC2CCOCC2)cc1NC(=O)OC(C)(C)C. The number of rotatable bonds is 4. The summed E-state index contributed by atoms with van der Waals surface area (Å²) in [5.74, 6) is 0.591. The van der Waals surface area contributed by atoms with E-state index < -0.39 is 11.7 Å². The molecule has 1 aromatic rings. The van der Waals surface area contributed by atoms with Gasteiger partial charge in [-0.05, 0) is 51.8 Å². The maximum Gasteiger partial charge on any atom is 0.412 e. The Morgan fingerprint density at radius 3 is 2.57 bits per heavy atom. The van der Waals surface area contributed by atoms with Gasteiger partial charge in [0.25, 0.3) is 0 Å². The van der Waals surface area contributed by atoms with Crippen molar-refractivity contribution in [2.45, 2.75) is 45.3 Å². The summed E-state index contributed by atoms with van der Waals surface area (Å²) in [6.45, 7) is 7.03. The number of ether oxygens (including phenoxy) is 3. The van der Waals surface area contributed by atoms with Gasteiger partial charge in [-0.2, -0.15) is 0 Å². The van der Waals surface area contributed by atoms with Gasteiger partial charge in [0.15, 0.2) is 0 Å². The van der Waals surface area contributed by atoms with Crippen molar-refractivity contribution >= 4 is 17.5 Å². The summed E-state index contributed by atoms with van der Waals surface area (Å²) >= 11 is 0. The van der Waals surface area contributed by atoms with Crippen LogP contribution in [0.1, 0.15) is 33.6 Å². The van der Waals surface area contributed by atoms with Crippen molar-refractivity contribution < 1.29 is 19.0 Å². The van der Waals surface area contributed by atoms with Crippen molar-refractivity contribution in [3.63, 3.8) is 0 Å². The van der Waals surface area contributed by atoms with Crippen LogP contribution >= 0.6 is 0 Å². The van der Waals surface area contributed by atoms with Gasteiger partial charge in [0, 0.05) is 24.9 Å². The molecule has 1 amide bonds. The Morgan fingerprint density at radius 1 is 1.26 bits per heavy atom. The van der Waals surface area contributed by atoms with Crippen LogP contribution in [-0.4, -0.2) is 38.1 Å². The average molecular weight is 322 g/mol. The maximum absolute atomic E-state index is 12.0. The number of nitrogens with one attached hydrogen (secondary N) is 2. The second-order valence-electron chi connectivity index (χ2n) is 6.57. The van der Waals surface area contributed by atoms with Gasteiger partial charge in [-0.1, -0.05) is 0 Å². The van der Waals surface area contributed by atoms with E-state index in [1.54, 1.807) is 7.11 Å². The van der Waals surface area contributed by atoms with E-state index in [9.17, 15) is 4.79 Å². The third kappa shape index (κ3) is 5.63. The summed E-state index contributed by atoms with van der Waals surface area (Å²) in [5.41, 5.74) is 0.970. The second kappa shape index (κ2) is 7.55. The lowest BCUT2D eigenvalue weighted by Crippen LogP contribution is -2.28. The molecule has 0 aromatic heterocycles. The molecule has 1 saturated heterocycles. The molecule has 6 heteroatoms. The summed E-state index contributed by atoms with van der Waals surface area (Å²) in [6.07, 6.45) is 1.45. The third-order valence-corrected chi connectivity index (χ3v) is 3.43. The van der Waals surface area contributed by atoms with Crippen molar-refractivity contribution in [2.75, 3.05) is 31.0 Å². The lowest BCUT2D eigenvalue weighted by Gasteiger charge is -2.25. The molecule has 0 atom stereocenters. The summed E-state index contributed by atoms with van der Waals surface area (Å²) < 4.78 is 16.0. The molecule has 6 nitrogen and oxygen atoms in total. The molecule has 1 fully saturated rings. The Morgan fingerprint density at radius 2 is 1.96 bits per heavy atom. The van der Waals surface area contributed by atoms with E-state index in [1.807, 2.05) is 39.0 Å². The van der Waals surface area contributed by atoms with Crippen molar-refractivity contribution in [3.05, 3.63) is 18.2 Å². The Balaban J connectivity index is 2.07. The Labute approximate surface area is 137 Å². The number of anilines is 2. The number of methoxy groups -OCH3 is 1. The predicted molar refractivity (Wildman–Crippen MR) is 90.3 cm³/mol. The fraction of sp³-hybridized carbons (Fsp3) is 0.588. The predicted octanol–water partition coefficient (Wildman–Crippen LogP) is 3.63. The molecule has 1 aliphatic rings. The fourth-order valence-electron chi connectivity index (χ4n) is 2.39. The zero-order valence-corrected chi connectivity index (χ0v) is 14.3. The van der Waals surface area contributed by atoms with Crippen molar-refractivity contribution in [1.29, 1.82) is 0 Å². The molecule has 1 heterocycles. The van der Waals surface area contributed by atoms with Crippen LogP contribution in [0.25, 0.3) is 0 Å². The molecule has 23 heavy (non-hydrogen) atoms.